The van der Waals surface area contributed by atoms with Crippen molar-refractivity contribution >= 4 is 21.4 Å². The zero-order valence-corrected chi connectivity index (χ0v) is 11.0. The highest BCUT2D eigenvalue weighted by atomic mass is 35.5. The molecule has 0 bridgehead atoms. The summed E-state index contributed by atoms with van der Waals surface area (Å²) in [6, 6.07) is 7.59. The minimum Gasteiger partial charge on any atom is -0.309 e. The molecule has 0 aliphatic heterocycles. The molecule has 0 saturated heterocycles. The van der Waals surface area contributed by atoms with Crippen molar-refractivity contribution in [1.29, 1.82) is 0 Å². The Morgan fingerprint density at radius 3 is 2.56 bits per heavy atom. The molecular formula is C11H16ClNO2S. The Morgan fingerprint density at radius 1 is 1.38 bits per heavy atom. The van der Waals surface area contributed by atoms with E-state index in [-0.39, 0.29) is 11.8 Å². The topological polar surface area (TPSA) is 46.2 Å². The molecule has 0 amide bonds. The molecule has 0 aromatic heterocycles. The summed E-state index contributed by atoms with van der Waals surface area (Å²) in [5.41, 5.74) is 0.984. The van der Waals surface area contributed by atoms with Crippen LogP contribution in [0.4, 0.5) is 0 Å². The minimum absolute atomic E-state index is 0.0513. The second-order valence-electron chi connectivity index (χ2n) is 3.83. The molecule has 0 heterocycles. The third-order valence-corrected chi connectivity index (χ3v) is 3.59. The van der Waals surface area contributed by atoms with E-state index in [0.29, 0.717) is 11.6 Å². The van der Waals surface area contributed by atoms with Gasteiger partial charge < -0.3 is 5.32 Å². The second-order valence-corrected chi connectivity index (χ2v) is 6.49. The summed E-state index contributed by atoms with van der Waals surface area (Å²) in [6.45, 7) is 2.40. The average Bonchev–Trinajstić information content (AvgIpc) is 2.16. The van der Waals surface area contributed by atoms with Gasteiger partial charge in [0.05, 0.1) is 5.75 Å². The van der Waals surface area contributed by atoms with Crippen LogP contribution >= 0.6 is 11.6 Å². The fourth-order valence-corrected chi connectivity index (χ4v) is 2.19. The van der Waals surface area contributed by atoms with Gasteiger partial charge in [0.1, 0.15) is 9.84 Å². The third-order valence-electron chi connectivity index (χ3n) is 2.30. The lowest BCUT2D eigenvalue weighted by Gasteiger charge is -2.15. The molecule has 1 atom stereocenters. The number of sulfone groups is 1. The Balaban J connectivity index is 2.54. The van der Waals surface area contributed by atoms with Crippen LogP contribution in [0.25, 0.3) is 0 Å². The van der Waals surface area contributed by atoms with Crippen LogP contribution in [0.15, 0.2) is 24.3 Å². The lowest BCUT2D eigenvalue weighted by molar-refractivity contribution is 0.576. The first-order valence-electron chi connectivity index (χ1n) is 5.05. The lowest BCUT2D eigenvalue weighted by atomic mass is 10.1. The summed E-state index contributed by atoms with van der Waals surface area (Å²) in [7, 11) is -2.91. The van der Waals surface area contributed by atoms with E-state index < -0.39 is 9.84 Å². The van der Waals surface area contributed by atoms with Gasteiger partial charge in [-0.1, -0.05) is 29.8 Å². The minimum atomic E-state index is -2.91. The molecule has 0 radical (unpaired) electrons. The molecule has 16 heavy (non-hydrogen) atoms. The van der Waals surface area contributed by atoms with Crippen molar-refractivity contribution in [3.63, 3.8) is 0 Å². The first kappa shape index (κ1) is 13.5. The van der Waals surface area contributed by atoms with Gasteiger partial charge in [-0.15, -0.1) is 0 Å². The Labute approximate surface area is 102 Å². The molecule has 1 aromatic rings. The first-order valence-corrected chi connectivity index (χ1v) is 7.49. The molecule has 0 spiro atoms. The maximum absolute atomic E-state index is 11.0. The van der Waals surface area contributed by atoms with E-state index >= 15 is 0 Å². The van der Waals surface area contributed by atoms with Gasteiger partial charge in [0, 0.05) is 23.9 Å². The highest BCUT2D eigenvalue weighted by Crippen LogP contribution is 2.21. The number of benzene rings is 1. The van der Waals surface area contributed by atoms with Gasteiger partial charge in [-0.3, -0.25) is 0 Å². The zero-order valence-electron chi connectivity index (χ0n) is 9.40. The van der Waals surface area contributed by atoms with E-state index in [1.54, 1.807) is 0 Å². The van der Waals surface area contributed by atoms with E-state index in [0.717, 1.165) is 5.56 Å². The smallest absolute Gasteiger partial charge is 0.148 e. The van der Waals surface area contributed by atoms with Crippen molar-refractivity contribution in [2.75, 3.05) is 18.6 Å². The largest absolute Gasteiger partial charge is 0.309 e. The molecule has 1 unspecified atom stereocenters. The number of hydrogen-bond acceptors (Lipinski definition) is 3. The molecule has 1 aromatic carbocycles. The molecule has 0 fully saturated rings. The monoisotopic (exact) mass is 261 g/mol. The van der Waals surface area contributed by atoms with Gasteiger partial charge in [-0.2, -0.15) is 0 Å². The van der Waals surface area contributed by atoms with Crippen molar-refractivity contribution in [1.82, 2.24) is 5.32 Å². The second kappa shape index (κ2) is 5.66. The summed E-state index contributed by atoms with van der Waals surface area (Å²) >= 11 is 6.03. The van der Waals surface area contributed by atoms with E-state index in [2.05, 4.69) is 5.32 Å². The summed E-state index contributed by atoms with van der Waals surface area (Å²) in [4.78, 5) is 0. The molecule has 5 heteroatoms. The molecular weight excluding hydrogens is 246 g/mol. The van der Waals surface area contributed by atoms with Crippen LogP contribution in [0.2, 0.25) is 5.02 Å². The number of halogens is 1. The standard InChI is InChI=1S/C11H16ClNO2S/c1-9(13-7-8-16(2,14)15)10-5-3-4-6-11(10)12/h3-6,9,13H,7-8H2,1-2H3. The maximum atomic E-state index is 11.0. The van der Waals surface area contributed by atoms with E-state index in [1.807, 2.05) is 31.2 Å². The lowest BCUT2D eigenvalue weighted by Crippen LogP contribution is -2.25. The molecule has 3 nitrogen and oxygen atoms in total. The highest BCUT2D eigenvalue weighted by molar-refractivity contribution is 7.90. The Hall–Kier alpha value is -0.580. The van der Waals surface area contributed by atoms with E-state index in [9.17, 15) is 8.42 Å². The van der Waals surface area contributed by atoms with Crippen LogP contribution in [-0.2, 0) is 9.84 Å². The predicted molar refractivity (Wildman–Crippen MR) is 67.6 cm³/mol. The molecule has 1 N–H and O–H groups in total. The first-order chi connectivity index (χ1) is 7.40. The molecule has 0 aliphatic carbocycles. The predicted octanol–water partition coefficient (Wildman–Crippen LogP) is 2.04. The maximum Gasteiger partial charge on any atom is 0.148 e. The van der Waals surface area contributed by atoms with Crippen molar-refractivity contribution in [3.05, 3.63) is 34.9 Å². The van der Waals surface area contributed by atoms with Gasteiger partial charge >= 0.3 is 0 Å². The fraction of sp³-hybridized carbons (Fsp3) is 0.455. The van der Waals surface area contributed by atoms with Gasteiger partial charge in [0.15, 0.2) is 0 Å². The molecule has 0 saturated carbocycles. The third kappa shape index (κ3) is 4.51. The average molecular weight is 262 g/mol. The molecule has 90 valence electrons. The van der Waals surface area contributed by atoms with Crippen molar-refractivity contribution in [2.24, 2.45) is 0 Å². The Kier molecular flexibility index (Phi) is 4.77. The molecule has 1 rings (SSSR count). The number of hydrogen-bond donors (Lipinski definition) is 1. The highest BCUT2D eigenvalue weighted by Gasteiger charge is 2.09. The van der Waals surface area contributed by atoms with Gasteiger partial charge in [0.25, 0.3) is 0 Å². The Bertz CT molecular complexity index is 445. The van der Waals surface area contributed by atoms with E-state index in [1.165, 1.54) is 6.26 Å². The zero-order chi connectivity index (χ0) is 12.2. The van der Waals surface area contributed by atoms with Crippen molar-refractivity contribution < 1.29 is 8.42 Å². The number of nitrogens with one attached hydrogen (secondary N) is 1. The van der Waals surface area contributed by atoms with Crippen molar-refractivity contribution in [2.45, 2.75) is 13.0 Å². The van der Waals surface area contributed by atoms with Crippen LogP contribution < -0.4 is 5.32 Å². The quantitative estimate of drug-likeness (QED) is 0.882. The van der Waals surface area contributed by atoms with Crippen LogP contribution in [0.3, 0.4) is 0 Å². The van der Waals surface area contributed by atoms with Gasteiger partial charge in [-0.25, -0.2) is 8.42 Å². The summed E-state index contributed by atoms with van der Waals surface area (Å²) in [5.74, 6) is 0.141. The molecule has 0 aliphatic rings. The van der Waals surface area contributed by atoms with Crippen LogP contribution in [0, 0.1) is 0 Å². The van der Waals surface area contributed by atoms with Gasteiger partial charge in [-0.05, 0) is 18.6 Å². The Morgan fingerprint density at radius 2 is 2.00 bits per heavy atom. The summed E-state index contributed by atoms with van der Waals surface area (Å²) in [5, 5.41) is 3.83. The fourth-order valence-electron chi connectivity index (χ4n) is 1.40. The summed E-state index contributed by atoms with van der Waals surface area (Å²) in [6.07, 6.45) is 1.23. The van der Waals surface area contributed by atoms with E-state index in [4.69, 9.17) is 11.6 Å². The normalized spacial score (nSPS) is 13.7. The van der Waals surface area contributed by atoms with Gasteiger partial charge in [0.2, 0.25) is 0 Å². The van der Waals surface area contributed by atoms with Crippen molar-refractivity contribution in [3.8, 4) is 0 Å². The summed E-state index contributed by atoms with van der Waals surface area (Å²) < 4.78 is 21.9. The van der Waals surface area contributed by atoms with Crippen LogP contribution in [0.1, 0.15) is 18.5 Å². The van der Waals surface area contributed by atoms with Crippen LogP contribution in [-0.4, -0.2) is 27.0 Å². The SMILES string of the molecule is CC(NCCS(C)(=O)=O)c1ccccc1Cl. The van der Waals surface area contributed by atoms with Crippen LogP contribution in [0.5, 0.6) is 0 Å². The number of rotatable bonds is 5.